The van der Waals surface area contributed by atoms with Gasteiger partial charge in [0.15, 0.2) is 5.65 Å². The Kier molecular flexibility index (Phi) is 4.94. The molecule has 9 heteroatoms. The number of aryl methyl sites for hydroxylation is 3. The summed E-state index contributed by atoms with van der Waals surface area (Å²) < 4.78 is 8.17. The van der Waals surface area contributed by atoms with Crippen LogP contribution in [0, 0.1) is 6.92 Å². The first-order valence-electron chi connectivity index (χ1n) is 7.92. The number of fused-ring (bicyclic) bond motifs is 1. The van der Waals surface area contributed by atoms with E-state index in [1.54, 1.807) is 19.2 Å². The van der Waals surface area contributed by atoms with Gasteiger partial charge in [0.2, 0.25) is 5.91 Å². The molecular weight excluding hydrogens is 358 g/mol. The van der Waals surface area contributed by atoms with Crippen molar-refractivity contribution in [3.63, 3.8) is 0 Å². The fourth-order valence-corrected chi connectivity index (χ4v) is 2.74. The van der Waals surface area contributed by atoms with Crippen LogP contribution in [0.15, 0.2) is 29.5 Å². The van der Waals surface area contributed by atoms with Crippen LogP contribution in [0.1, 0.15) is 12.0 Å². The first-order valence-corrected chi connectivity index (χ1v) is 8.29. The van der Waals surface area contributed by atoms with Crippen LogP contribution in [0.3, 0.4) is 0 Å². The van der Waals surface area contributed by atoms with Crippen LogP contribution in [0.25, 0.3) is 11.0 Å². The van der Waals surface area contributed by atoms with Crippen molar-refractivity contribution in [2.75, 3.05) is 12.4 Å². The van der Waals surface area contributed by atoms with Gasteiger partial charge < -0.3 is 10.1 Å². The number of rotatable bonds is 5. The summed E-state index contributed by atoms with van der Waals surface area (Å²) in [5.74, 6) is 0.229. The quantitative estimate of drug-likeness (QED) is 0.737. The molecule has 2 aromatic heterocycles. The number of methoxy groups -OCH3 is 1. The van der Waals surface area contributed by atoms with Crippen molar-refractivity contribution in [3.8, 4) is 5.75 Å². The molecule has 8 nitrogen and oxygen atoms in total. The van der Waals surface area contributed by atoms with E-state index in [0.717, 1.165) is 5.56 Å². The van der Waals surface area contributed by atoms with Crippen molar-refractivity contribution in [1.82, 2.24) is 19.3 Å². The lowest BCUT2D eigenvalue weighted by atomic mass is 10.2. The Morgan fingerprint density at radius 2 is 2.15 bits per heavy atom. The minimum absolute atomic E-state index is 0.109. The number of hydrogen-bond acceptors (Lipinski definition) is 5. The monoisotopic (exact) mass is 375 g/mol. The van der Waals surface area contributed by atoms with Crippen molar-refractivity contribution in [2.24, 2.45) is 7.05 Å². The van der Waals surface area contributed by atoms with Gasteiger partial charge in [-0.1, -0.05) is 11.6 Å². The molecule has 3 aromatic rings. The Hall–Kier alpha value is -2.87. The van der Waals surface area contributed by atoms with E-state index in [-0.39, 0.29) is 24.4 Å². The zero-order valence-electron chi connectivity index (χ0n) is 14.6. The summed E-state index contributed by atoms with van der Waals surface area (Å²) in [6, 6.07) is 3.39. The molecule has 0 aliphatic heterocycles. The molecule has 1 N–H and O–H groups in total. The number of nitrogens with one attached hydrogen (secondary N) is 1. The predicted octanol–water partition coefficient (Wildman–Crippen LogP) is 2.13. The minimum atomic E-state index is -0.247. The predicted molar refractivity (Wildman–Crippen MR) is 98.8 cm³/mol. The van der Waals surface area contributed by atoms with Gasteiger partial charge in [0.25, 0.3) is 5.56 Å². The molecule has 0 atom stereocenters. The lowest BCUT2D eigenvalue weighted by Crippen LogP contribution is -2.23. The number of ether oxygens (including phenoxy) is 1. The van der Waals surface area contributed by atoms with Crippen LogP contribution >= 0.6 is 11.6 Å². The van der Waals surface area contributed by atoms with Crippen molar-refractivity contribution >= 4 is 34.2 Å². The fraction of sp³-hybridized carbons (Fsp3) is 0.294. The standard InChI is InChI=1S/C17H18ClN5O3/c1-10-6-13(14(26-3)7-12(10)18)21-15(24)4-5-23-9-19-16-11(17(23)25)8-20-22(16)2/h6-9H,4-5H2,1-3H3,(H,21,24). The molecule has 3 rings (SSSR count). The number of nitrogens with zero attached hydrogens (tertiary/aromatic N) is 4. The summed E-state index contributed by atoms with van der Waals surface area (Å²) in [6.07, 6.45) is 3.01. The molecule has 136 valence electrons. The second-order valence-corrected chi connectivity index (χ2v) is 6.26. The first-order chi connectivity index (χ1) is 12.4. The third-order valence-corrected chi connectivity index (χ3v) is 4.46. The maximum atomic E-state index is 12.4. The smallest absolute Gasteiger partial charge is 0.264 e. The Morgan fingerprint density at radius 3 is 2.88 bits per heavy atom. The highest BCUT2D eigenvalue weighted by Crippen LogP contribution is 2.30. The first kappa shape index (κ1) is 17.9. The summed E-state index contributed by atoms with van der Waals surface area (Å²) in [4.78, 5) is 28.9. The molecule has 26 heavy (non-hydrogen) atoms. The molecule has 0 saturated carbocycles. The van der Waals surface area contributed by atoms with E-state index in [0.29, 0.717) is 27.5 Å². The summed E-state index contributed by atoms with van der Waals surface area (Å²) in [5, 5.41) is 7.79. The summed E-state index contributed by atoms with van der Waals surface area (Å²) >= 11 is 6.06. The van der Waals surface area contributed by atoms with Crippen molar-refractivity contribution in [1.29, 1.82) is 0 Å². The maximum absolute atomic E-state index is 12.4. The van der Waals surface area contributed by atoms with Gasteiger partial charge in [-0.3, -0.25) is 18.8 Å². The lowest BCUT2D eigenvalue weighted by molar-refractivity contribution is -0.116. The molecule has 1 amide bonds. The maximum Gasteiger partial charge on any atom is 0.264 e. The Balaban J connectivity index is 1.73. The Labute approximate surface area is 154 Å². The molecule has 0 aliphatic rings. The van der Waals surface area contributed by atoms with Gasteiger partial charge in [0.05, 0.1) is 25.3 Å². The molecule has 0 radical (unpaired) electrons. The lowest BCUT2D eigenvalue weighted by Gasteiger charge is -2.12. The number of carbonyl (C=O) groups excluding carboxylic acids is 1. The van der Waals surface area contributed by atoms with Gasteiger partial charge in [-0.25, -0.2) is 4.98 Å². The number of halogens is 1. The second kappa shape index (κ2) is 7.17. The highest BCUT2D eigenvalue weighted by atomic mass is 35.5. The summed E-state index contributed by atoms with van der Waals surface area (Å²) in [7, 11) is 3.22. The van der Waals surface area contributed by atoms with Crippen LogP contribution < -0.4 is 15.6 Å². The van der Waals surface area contributed by atoms with E-state index in [1.807, 2.05) is 6.92 Å². The van der Waals surface area contributed by atoms with E-state index in [9.17, 15) is 9.59 Å². The van der Waals surface area contributed by atoms with Crippen LogP contribution in [-0.4, -0.2) is 32.3 Å². The van der Waals surface area contributed by atoms with E-state index in [4.69, 9.17) is 16.3 Å². The van der Waals surface area contributed by atoms with Gasteiger partial charge in [0.1, 0.15) is 11.1 Å². The van der Waals surface area contributed by atoms with E-state index >= 15 is 0 Å². The van der Waals surface area contributed by atoms with Gasteiger partial charge >= 0.3 is 0 Å². The average Bonchev–Trinajstić information content (AvgIpc) is 2.99. The minimum Gasteiger partial charge on any atom is -0.495 e. The van der Waals surface area contributed by atoms with Crippen LogP contribution in [0.4, 0.5) is 5.69 Å². The third kappa shape index (κ3) is 3.41. The largest absolute Gasteiger partial charge is 0.495 e. The van der Waals surface area contributed by atoms with Crippen molar-refractivity contribution in [3.05, 3.63) is 45.6 Å². The molecular formula is C17H18ClN5O3. The number of benzene rings is 1. The van der Waals surface area contributed by atoms with E-state index in [1.165, 1.54) is 28.9 Å². The number of amides is 1. The van der Waals surface area contributed by atoms with Gasteiger partial charge in [-0.2, -0.15) is 5.10 Å². The average molecular weight is 376 g/mol. The van der Waals surface area contributed by atoms with Gasteiger partial charge in [-0.05, 0) is 18.6 Å². The van der Waals surface area contributed by atoms with Crippen LogP contribution in [0.2, 0.25) is 5.02 Å². The number of hydrogen-bond donors (Lipinski definition) is 1. The number of carbonyl (C=O) groups is 1. The molecule has 0 saturated heterocycles. The topological polar surface area (TPSA) is 91.0 Å². The summed E-state index contributed by atoms with van der Waals surface area (Å²) in [6.45, 7) is 2.04. The van der Waals surface area contributed by atoms with E-state index in [2.05, 4.69) is 15.4 Å². The molecule has 2 heterocycles. The summed E-state index contributed by atoms with van der Waals surface area (Å²) in [5.41, 5.74) is 1.64. The zero-order chi connectivity index (χ0) is 18.8. The second-order valence-electron chi connectivity index (χ2n) is 5.85. The molecule has 0 bridgehead atoms. The van der Waals surface area contributed by atoms with E-state index < -0.39 is 0 Å². The van der Waals surface area contributed by atoms with Crippen molar-refractivity contribution in [2.45, 2.75) is 19.9 Å². The molecule has 0 spiro atoms. The van der Waals surface area contributed by atoms with Gasteiger partial charge in [-0.15, -0.1) is 0 Å². The number of anilines is 1. The number of aromatic nitrogens is 4. The van der Waals surface area contributed by atoms with Crippen LogP contribution in [0.5, 0.6) is 5.75 Å². The molecule has 0 fully saturated rings. The Morgan fingerprint density at radius 1 is 1.38 bits per heavy atom. The third-order valence-electron chi connectivity index (χ3n) is 4.05. The fourth-order valence-electron chi connectivity index (χ4n) is 2.59. The van der Waals surface area contributed by atoms with Crippen molar-refractivity contribution < 1.29 is 9.53 Å². The molecule has 1 aromatic carbocycles. The highest BCUT2D eigenvalue weighted by Gasteiger charge is 2.12. The van der Waals surface area contributed by atoms with Gasteiger partial charge in [0, 0.05) is 31.1 Å². The molecule has 0 unspecified atom stereocenters. The molecule has 0 aliphatic carbocycles. The van der Waals surface area contributed by atoms with Crippen LogP contribution in [-0.2, 0) is 18.4 Å². The normalized spacial score (nSPS) is 10.9. The highest BCUT2D eigenvalue weighted by molar-refractivity contribution is 6.31. The Bertz CT molecular complexity index is 1040. The SMILES string of the molecule is COc1cc(Cl)c(C)cc1NC(=O)CCn1cnc2c(cnn2C)c1=O. The zero-order valence-corrected chi connectivity index (χ0v) is 15.4.